The van der Waals surface area contributed by atoms with Gasteiger partial charge in [-0.25, -0.2) is 13.1 Å². The lowest BCUT2D eigenvalue weighted by Gasteiger charge is -2.12. The summed E-state index contributed by atoms with van der Waals surface area (Å²) in [4.78, 5) is 14.5. The number of rotatable bonds is 7. The minimum atomic E-state index is -3.66. The molecule has 6 nitrogen and oxygen atoms in total. The Morgan fingerprint density at radius 1 is 1.08 bits per heavy atom. The summed E-state index contributed by atoms with van der Waals surface area (Å²) < 4.78 is 27.3. The number of likely N-dealkylation sites (N-methyl/N-ethyl adjacent to an activating group) is 1. The number of amides is 1. The maximum absolute atomic E-state index is 12.5. The third-order valence-electron chi connectivity index (χ3n) is 3.90. The molecule has 0 radical (unpaired) electrons. The molecular weight excluding hydrogens is 350 g/mol. The highest BCUT2D eigenvalue weighted by Gasteiger charge is 2.16. The number of anilines is 1. The molecule has 0 unspecified atom stereocenters. The van der Waals surface area contributed by atoms with E-state index in [0.717, 1.165) is 11.1 Å². The third kappa shape index (κ3) is 5.39. The first-order valence-electron chi connectivity index (χ1n) is 8.32. The van der Waals surface area contributed by atoms with Crippen molar-refractivity contribution in [2.45, 2.75) is 18.7 Å². The van der Waals surface area contributed by atoms with Crippen LogP contribution in [0.5, 0.6) is 0 Å². The predicted octanol–water partition coefficient (Wildman–Crippen LogP) is 2.40. The molecule has 2 aromatic rings. The van der Waals surface area contributed by atoms with Gasteiger partial charge in [0.05, 0.1) is 4.90 Å². The maximum atomic E-state index is 12.5. The summed E-state index contributed by atoms with van der Waals surface area (Å²) in [6.07, 6.45) is 0. The number of nitrogens with zero attached hydrogens (tertiary/aromatic N) is 1. The second kappa shape index (κ2) is 8.44. The summed E-state index contributed by atoms with van der Waals surface area (Å²) in [7, 11) is 0.0788. The van der Waals surface area contributed by atoms with Crippen LogP contribution in [-0.4, -0.2) is 46.4 Å². The number of carbonyl (C=O) groups is 1. The lowest BCUT2D eigenvalue weighted by Crippen LogP contribution is -2.31. The highest BCUT2D eigenvalue weighted by molar-refractivity contribution is 7.89. The van der Waals surface area contributed by atoms with Crippen LogP contribution in [-0.2, 0) is 10.0 Å². The van der Waals surface area contributed by atoms with Crippen molar-refractivity contribution >= 4 is 21.6 Å². The largest absolute Gasteiger partial charge is 0.322 e. The Hall–Kier alpha value is -2.22. The van der Waals surface area contributed by atoms with Gasteiger partial charge in [0.2, 0.25) is 10.0 Å². The second-order valence-electron chi connectivity index (χ2n) is 6.50. The Morgan fingerprint density at radius 3 is 2.50 bits per heavy atom. The zero-order valence-corrected chi connectivity index (χ0v) is 16.4. The summed E-state index contributed by atoms with van der Waals surface area (Å²) >= 11 is 0. The molecule has 0 atom stereocenters. The van der Waals surface area contributed by atoms with Crippen LogP contribution in [0.3, 0.4) is 0 Å². The Labute approximate surface area is 155 Å². The van der Waals surface area contributed by atoms with Gasteiger partial charge in [-0.2, -0.15) is 0 Å². The summed E-state index contributed by atoms with van der Waals surface area (Å²) in [5, 5.41) is 2.84. The number of sulfonamides is 1. The van der Waals surface area contributed by atoms with E-state index in [1.165, 1.54) is 12.1 Å². The fraction of sp³-hybridized carbons (Fsp3) is 0.316. The average Bonchev–Trinajstić information content (AvgIpc) is 2.57. The normalized spacial score (nSPS) is 11.6. The number of hydrogen-bond donors (Lipinski definition) is 2. The summed E-state index contributed by atoms with van der Waals surface area (Å²) in [6, 6.07) is 11.8. The zero-order chi connectivity index (χ0) is 19.3. The van der Waals surface area contributed by atoms with Crippen LogP contribution in [0.2, 0.25) is 0 Å². The van der Waals surface area contributed by atoms with Gasteiger partial charge in [0.15, 0.2) is 0 Å². The van der Waals surface area contributed by atoms with E-state index in [1.54, 1.807) is 12.1 Å². The molecule has 0 aliphatic carbocycles. The van der Waals surface area contributed by atoms with Crippen LogP contribution < -0.4 is 10.0 Å². The molecule has 7 heteroatoms. The Kier molecular flexibility index (Phi) is 6.52. The van der Waals surface area contributed by atoms with E-state index in [1.807, 2.05) is 51.0 Å². The zero-order valence-electron chi connectivity index (χ0n) is 15.5. The highest BCUT2D eigenvalue weighted by atomic mass is 32.2. The maximum Gasteiger partial charge on any atom is 0.255 e. The second-order valence-corrected chi connectivity index (χ2v) is 8.27. The number of hydrogen-bond acceptors (Lipinski definition) is 4. The van der Waals surface area contributed by atoms with E-state index >= 15 is 0 Å². The van der Waals surface area contributed by atoms with Crippen molar-refractivity contribution in [3.05, 3.63) is 59.2 Å². The first kappa shape index (κ1) is 20.1. The van der Waals surface area contributed by atoms with Gasteiger partial charge in [0.25, 0.3) is 5.91 Å². The molecule has 2 aromatic carbocycles. The molecule has 2 N–H and O–H groups in total. The number of nitrogens with one attached hydrogen (secondary N) is 2. The van der Waals surface area contributed by atoms with Gasteiger partial charge < -0.3 is 10.2 Å². The molecule has 0 aromatic heterocycles. The van der Waals surface area contributed by atoms with Crippen molar-refractivity contribution in [1.29, 1.82) is 0 Å². The smallest absolute Gasteiger partial charge is 0.255 e. The van der Waals surface area contributed by atoms with Crippen molar-refractivity contribution in [3.63, 3.8) is 0 Å². The fourth-order valence-electron chi connectivity index (χ4n) is 2.36. The van der Waals surface area contributed by atoms with E-state index in [-0.39, 0.29) is 10.8 Å². The minimum absolute atomic E-state index is 0.0740. The van der Waals surface area contributed by atoms with Crippen molar-refractivity contribution in [2.24, 2.45) is 0 Å². The molecule has 0 bridgehead atoms. The lowest BCUT2D eigenvalue weighted by molar-refractivity contribution is 0.102. The molecule has 0 spiro atoms. The monoisotopic (exact) mass is 375 g/mol. The van der Waals surface area contributed by atoms with E-state index in [2.05, 4.69) is 10.0 Å². The quantitative estimate of drug-likeness (QED) is 0.779. The average molecular weight is 375 g/mol. The molecule has 0 saturated heterocycles. The van der Waals surface area contributed by atoms with Gasteiger partial charge in [0, 0.05) is 24.3 Å². The van der Waals surface area contributed by atoms with Gasteiger partial charge in [-0.3, -0.25) is 4.79 Å². The van der Waals surface area contributed by atoms with Crippen LogP contribution in [0, 0.1) is 13.8 Å². The fourth-order valence-corrected chi connectivity index (χ4v) is 3.42. The standard InChI is InChI=1S/C19H25N3O3S/c1-14-8-9-15(2)18(12-14)21-19(23)16-6-5-7-17(13-16)26(24,25)20-10-11-22(3)4/h5-9,12-13,20H,10-11H2,1-4H3,(H,21,23). The van der Waals surface area contributed by atoms with E-state index in [4.69, 9.17) is 0 Å². The summed E-state index contributed by atoms with van der Waals surface area (Å²) in [6.45, 7) is 4.74. The first-order valence-corrected chi connectivity index (χ1v) is 9.80. The third-order valence-corrected chi connectivity index (χ3v) is 5.36. The first-order chi connectivity index (χ1) is 12.2. The number of carbonyl (C=O) groups excluding carboxylic acids is 1. The number of benzene rings is 2. The van der Waals surface area contributed by atoms with Gasteiger partial charge >= 0.3 is 0 Å². The molecule has 0 saturated carbocycles. The van der Waals surface area contributed by atoms with E-state index in [9.17, 15) is 13.2 Å². The molecule has 0 aliphatic heterocycles. The molecule has 1 amide bonds. The van der Waals surface area contributed by atoms with E-state index in [0.29, 0.717) is 24.3 Å². The van der Waals surface area contributed by atoms with Gasteiger partial charge in [-0.15, -0.1) is 0 Å². The summed E-state index contributed by atoms with van der Waals surface area (Å²) in [5.74, 6) is -0.343. The van der Waals surface area contributed by atoms with Crippen molar-refractivity contribution in [3.8, 4) is 0 Å². The molecule has 26 heavy (non-hydrogen) atoms. The highest BCUT2D eigenvalue weighted by Crippen LogP contribution is 2.18. The molecular formula is C19H25N3O3S. The van der Waals surface area contributed by atoms with Crippen LogP contribution in [0.15, 0.2) is 47.4 Å². The lowest BCUT2D eigenvalue weighted by atomic mass is 10.1. The van der Waals surface area contributed by atoms with Crippen LogP contribution in [0.25, 0.3) is 0 Å². The van der Waals surface area contributed by atoms with Crippen LogP contribution >= 0.6 is 0 Å². The van der Waals surface area contributed by atoms with Crippen molar-refractivity contribution in [1.82, 2.24) is 9.62 Å². The predicted molar refractivity (Wildman–Crippen MR) is 104 cm³/mol. The Bertz CT molecular complexity index is 893. The molecule has 140 valence electrons. The Balaban J connectivity index is 2.17. The SMILES string of the molecule is Cc1ccc(C)c(NC(=O)c2cccc(S(=O)(=O)NCCN(C)C)c2)c1. The number of aryl methyl sites for hydroxylation is 2. The van der Waals surface area contributed by atoms with Gasteiger partial charge in [-0.05, 0) is 63.3 Å². The molecule has 0 aliphatic rings. The Morgan fingerprint density at radius 2 is 1.81 bits per heavy atom. The minimum Gasteiger partial charge on any atom is -0.322 e. The van der Waals surface area contributed by atoms with Gasteiger partial charge in [0.1, 0.15) is 0 Å². The van der Waals surface area contributed by atoms with Crippen LogP contribution in [0.4, 0.5) is 5.69 Å². The summed E-state index contributed by atoms with van der Waals surface area (Å²) in [5.41, 5.74) is 2.99. The molecule has 0 fully saturated rings. The molecule has 2 rings (SSSR count). The van der Waals surface area contributed by atoms with E-state index < -0.39 is 10.0 Å². The van der Waals surface area contributed by atoms with Gasteiger partial charge in [-0.1, -0.05) is 18.2 Å². The van der Waals surface area contributed by atoms with Crippen LogP contribution in [0.1, 0.15) is 21.5 Å². The van der Waals surface area contributed by atoms with Crippen molar-refractivity contribution < 1.29 is 13.2 Å². The molecule has 0 heterocycles. The topological polar surface area (TPSA) is 78.5 Å². The van der Waals surface area contributed by atoms with Crippen molar-refractivity contribution in [2.75, 3.05) is 32.5 Å².